The summed E-state index contributed by atoms with van der Waals surface area (Å²) < 4.78 is 19.2. The standard InChI is InChI=1S/C27H25BrN2O5S/c1-5-33-26(32)23-15(4)29-27-30(24(23)17-8-6-16(7-9-17)14(2)3)25(31)22(36-27)11-18-10-20-21(12-19(18)28)35-13-34-20/h6-12,14,24H,5,13H2,1-4H3/b22-11-/t24-/m1/s1. The summed E-state index contributed by atoms with van der Waals surface area (Å²) in [5, 5.41) is 0. The van der Waals surface area contributed by atoms with Crippen LogP contribution >= 0.6 is 27.3 Å². The molecule has 2 aliphatic heterocycles. The van der Waals surface area contributed by atoms with Gasteiger partial charge in [-0.05, 0) is 54.7 Å². The lowest BCUT2D eigenvalue weighted by molar-refractivity contribution is -0.139. The summed E-state index contributed by atoms with van der Waals surface area (Å²) >= 11 is 4.85. The third kappa shape index (κ3) is 4.30. The highest BCUT2D eigenvalue weighted by Crippen LogP contribution is 2.37. The van der Waals surface area contributed by atoms with E-state index in [1.54, 1.807) is 24.5 Å². The molecule has 0 N–H and O–H groups in total. The summed E-state index contributed by atoms with van der Waals surface area (Å²) in [7, 11) is 0. The Balaban J connectivity index is 1.69. The highest BCUT2D eigenvalue weighted by molar-refractivity contribution is 9.10. The third-order valence-corrected chi connectivity index (χ3v) is 7.88. The maximum absolute atomic E-state index is 13.8. The number of esters is 1. The summed E-state index contributed by atoms with van der Waals surface area (Å²) in [5.41, 5.74) is 3.48. The molecule has 0 fully saturated rings. The molecule has 0 saturated heterocycles. The van der Waals surface area contributed by atoms with Crippen molar-refractivity contribution in [2.75, 3.05) is 13.4 Å². The number of hydrogen-bond donors (Lipinski definition) is 0. The van der Waals surface area contributed by atoms with Crippen molar-refractivity contribution in [2.24, 2.45) is 4.99 Å². The lowest BCUT2D eigenvalue weighted by atomic mass is 9.93. The molecule has 3 aromatic rings. The number of thiazole rings is 1. The Kier molecular flexibility index (Phi) is 6.61. The number of carbonyl (C=O) groups excluding carboxylic acids is 1. The fraction of sp³-hybridized carbons (Fsp3) is 0.296. The molecule has 36 heavy (non-hydrogen) atoms. The van der Waals surface area contributed by atoms with E-state index in [0.29, 0.717) is 38.0 Å². The molecule has 3 heterocycles. The predicted molar refractivity (Wildman–Crippen MR) is 141 cm³/mol. The van der Waals surface area contributed by atoms with Crippen molar-refractivity contribution in [2.45, 2.75) is 39.7 Å². The fourth-order valence-electron chi connectivity index (χ4n) is 4.35. The lowest BCUT2D eigenvalue weighted by Crippen LogP contribution is -2.39. The summed E-state index contributed by atoms with van der Waals surface area (Å²) in [5.74, 6) is 1.17. The zero-order valence-electron chi connectivity index (χ0n) is 20.3. The molecule has 7 nitrogen and oxygen atoms in total. The van der Waals surface area contributed by atoms with E-state index in [1.807, 2.05) is 36.4 Å². The Morgan fingerprint density at radius 3 is 2.61 bits per heavy atom. The van der Waals surface area contributed by atoms with Crippen LogP contribution in [0.25, 0.3) is 6.08 Å². The van der Waals surface area contributed by atoms with Gasteiger partial charge in [0.25, 0.3) is 5.56 Å². The Hall–Kier alpha value is -3.17. The Morgan fingerprint density at radius 2 is 1.94 bits per heavy atom. The average molecular weight is 569 g/mol. The molecule has 0 bridgehead atoms. The number of hydrogen-bond acceptors (Lipinski definition) is 7. The molecule has 0 amide bonds. The molecule has 1 atom stereocenters. The van der Waals surface area contributed by atoms with Gasteiger partial charge in [0.2, 0.25) is 6.79 Å². The van der Waals surface area contributed by atoms with Gasteiger partial charge in [0.15, 0.2) is 16.3 Å². The highest BCUT2D eigenvalue weighted by Gasteiger charge is 2.33. The van der Waals surface area contributed by atoms with Crippen LogP contribution in [-0.4, -0.2) is 23.9 Å². The normalized spacial score (nSPS) is 16.8. The first kappa shape index (κ1) is 24.5. The van der Waals surface area contributed by atoms with Crippen LogP contribution in [0.5, 0.6) is 11.5 Å². The minimum absolute atomic E-state index is 0.166. The van der Waals surface area contributed by atoms with E-state index in [1.165, 1.54) is 16.9 Å². The van der Waals surface area contributed by atoms with Crippen molar-refractivity contribution in [1.29, 1.82) is 0 Å². The number of benzene rings is 2. The van der Waals surface area contributed by atoms with E-state index in [-0.39, 0.29) is 19.0 Å². The van der Waals surface area contributed by atoms with Gasteiger partial charge in [0.05, 0.1) is 28.5 Å². The van der Waals surface area contributed by atoms with E-state index in [9.17, 15) is 9.59 Å². The smallest absolute Gasteiger partial charge is 0.338 e. The van der Waals surface area contributed by atoms with Crippen molar-refractivity contribution >= 4 is 39.3 Å². The number of aromatic nitrogens is 1. The monoisotopic (exact) mass is 568 g/mol. The maximum atomic E-state index is 13.8. The van der Waals surface area contributed by atoms with Crippen molar-refractivity contribution < 1.29 is 19.0 Å². The minimum atomic E-state index is -0.635. The largest absolute Gasteiger partial charge is 0.463 e. The number of carbonyl (C=O) groups is 1. The zero-order valence-corrected chi connectivity index (χ0v) is 22.7. The average Bonchev–Trinajstić information content (AvgIpc) is 3.42. The van der Waals surface area contributed by atoms with Crippen LogP contribution in [-0.2, 0) is 9.53 Å². The van der Waals surface area contributed by atoms with Crippen molar-refractivity contribution in [3.05, 3.63) is 88.5 Å². The molecule has 0 unspecified atom stereocenters. The zero-order chi connectivity index (χ0) is 25.6. The van der Waals surface area contributed by atoms with E-state index in [2.05, 4.69) is 34.8 Å². The molecular formula is C27H25BrN2O5S. The van der Waals surface area contributed by atoms with Crippen molar-refractivity contribution in [3.63, 3.8) is 0 Å². The lowest BCUT2D eigenvalue weighted by Gasteiger charge is -2.25. The summed E-state index contributed by atoms with van der Waals surface area (Å²) in [4.78, 5) is 32.0. The Morgan fingerprint density at radius 1 is 1.25 bits per heavy atom. The number of ether oxygens (including phenoxy) is 3. The molecule has 186 valence electrons. The van der Waals surface area contributed by atoms with E-state index in [0.717, 1.165) is 15.6 Å². The second kappa shape index (κ2) is 9.71. The predicted octanol–water partition coefficient (Wildman–Crippen LogP) is 4.41. The molecule has 0 radical (unpaired) electrons. The molecule has 0 aliphatic carbocycles. The van der Waals surface area contributed by atoms with E-state index in [4.69, 9.17) is 14.2 Å². The molecule has 5 rings (SSSR count). The minimum Gasteiger partial charge on any atom is -0.463 e. The number of allylic oxidation sites excluding steroid dienone is 1. The molecule has 0 saturated carbocycles. The van der Waals surface area contributed by atoms with Gasteiger partial charge < -0.3 is 14.2 Å². The molecule has 2 aromatic carbocycles. The molecule has 2 aliphatic rings. The first-order valence-corrected chi connectivity index (χ1v) is 13.3. The fourth-order valence-corrected chi connectivity index (χ4v) is 5.83. The maximum Gasteiger partial charge on any atom is 0.338 e. The highest BCUT2D eigenvalue weighted by atomic mass is 79.9. The summed E-state index contributed by atoms with van der Waals surface area (Å²) in [6, 6.07) is 11.1. The Bertz CT molecular complexity index is 1570. The van der Waals surface area contributed by atoms with Gasteiger partial charge in [0.1, 0.15) is 0 Å². The van der Waals surface area contributed by atoms with Crippen LogP contribution < -0.4 is 24.4 Å². The van der Waals surface area contributed by atoms with Gasteiger partial charge in [-0.2, -0.15) is 0 Å². The van der Waals surface area contributed by atoms with Crippen LogP contribution in [0.15, 0.2) is 61.9 Å². The van der Waals surface area contributed by atoms with Gasteiger partial charge in [0, 0.05) is 4.47 Å². The molecular weight excluding hydrogens is 544 g/mol. The molecule has 1 aromatic heterocycles. The SMILES string of the molecule is CCOC(=O)C1=C(C)N=c2s/c(=C\c3cc4c(cc3Br)OCO4)c(=O)n2[C@@H]1c1ccc(C(C)C)cc1. The van der Waals surface area contributed by atoms with Crippen LogP contribution in [0.2, 0.25) is 0 Å². The van der Waals surface area contributed by atoms with Crippen molar-refractivity contribution in [3.8, 4) is 11.5 Å². The first-order chi connectivity index (χ1) is 17.3. The molecule has 0 spiro atoms. The number of nitrogens with zero attached hydrogens (tertiary/aromatic N) is 2. The van der Waals surface area contributed by atoms with Gasteiger partial charge in [-0.3, -0.25) is 9.36 Å². The van der Waals surface area contributed by atoms with Gasteiger partial charge in [-0.15, -0.1) is 0 Å². The second-order valence-corrected chi connectivity index (χ2v) is 10.7. The van der Waals surface area contributed by atoms with Crippen LogP contribution in [0, 0.1) is 0 Å². The number of fused-ring (bicyclic) bond motifs is 2. The van der Waals surface area contributed by atoms with Gasteiger partial charge in [-0.25, -0.2) is 9.79 Å². The van der Waals surface area contributed by atoms with Crippen LogP contribution in [0.4, 0.5) is 0 Å². The number of halogens is 1. The van der Waals surface area contributed by atoms with Gasteiger partial charge >= 0.3 is 5.97 Å². The third-order valence-electron chi connectivity index (χ3n) is 6.21. The summed E-state index contributed by atoms with van der Waals surface area (Å²) in [6.07, 6.45) is 1.80. The number of rotatable bonds is 5. The first-order valence-electron chi connectivity index (χ1n) is 11.7. The van der Waals surface area contributed by atoms with E-state index < -0.39 is 12.0 Å². The molecule has 9 heteroatoms. The van der Waals surface area contributed by atoms with Gasteiger partial charge in [-0.1, -0.05) is 65.4 Å². The van der Waals surface area contributed by atoms with E-state index >= 15 is 0 Å². The topological polar surface area (TPSA) is 79.1 Å². The second-order valence-electron chi connectivity index (χ2n) is 8.85. The van der Waals surface area contributed by atoms with Crippen LogP contribution in [0.1, 0.15) is 56.3 Å². The van der Waals surface area contributed by atoms with Crippen molar-refractivity contribution in [1.82, 2.24) is 4.57 Å². The van der Waals surface area contributed by atoms with Crippen LogP contribution in [0.3, 0.4) is 0 Å². The summed E-state index contributed by atoms with van der Waals surface area (Å²) in [6.45, 7) is 8.20. The quantitative estimate of drug-likeness (QED) is 0.426. The Labute approximate surface area is 220 Å².